The van der Waals surface area contributed by atoms with E-state index < -0.39 is 0 Å². The normalized spacial score (nSPS) is 11.0. The lowest BCUT2D eigenvalue weighted by Gasteiger charge is -2.10. The summed E-state index contributed by atoms with van der Waals surface area (Å²) in [6, 6.07) is 3.90. The fourth-order valence-electron chi connectivity index (χ4n) is 1.83. The van der Waals surface area contributed by atoms with E-state index in [1.807, 2.05) is 12.1 Å². The number of ether oxygens (including phenoxy) is 1. The molecule has 1 aromatic rings. The molecule has 0 aliphatic carbocycles. The lowest BCUT2D eigenvalue weighted by molar-refractivity contribution is 0.192. The van der Waals surface area contributed by atoms with Crippen molar-refractivity contribution in [3.63, 3.8) is 0 Å². The van der Waals surface area contributed by atoms with Gasteiger partial charge in [0.2, 0.25) is 0 Å². The zero-order chi connectivity index (χ0) is 14.5. The summed E-state index contributed by atoms with van der Waals surface area (Å²) >= 11 is 0. The predicted molar refractivity (Wildman–Crippen MR) is 97.5 cm³/mol. The van der Waals surface area contributed by atoms with Crippen LogP contribution in [0.3, 0.4) is 0 Å². The van der Waals surface area contributed by atoms with Gasteiger partial charge in [0.15, 0.2) is 5.96 Å². The van der Waals surface area contributed by atoms with Gasteiger partial charge in [0.25, 0.3) is 0 Å². The van der Waals surface area contributed by atoms with E-state index in [1.54, 1.807) is 13.4 Å². The molecule has 2 N–H and O–H groups in total. The van der Waals surface area contributed by atoms with Gasteiger partial charge in [0, 0.05) is 39.8 Å². The number of unbranched alkanes of at least 4 members (excludes halogenated alkanes) is 2. The van der Waals surface area contributed by atoms with Crippen molar-refractivity contribution in [2.45, 2.75) is 32.6 Å². The Kier molecular flexibility index (Phi) is 13.7. The summed E-state index contributed by atoms with van der Waals surface area (Å²) in [4.78, 5) is 4.55. The van der Waals surface area contributed by atoms with E-state index in [4.69, 9.17) is 9.15 Å². The second-order valence-corrected chi connectivity index (χ2v) is 4.57. The molecule has 5 nitrogen and oxygen atoms in total. The molecule has 6 heteroatoms. The molecule has 1 rings (SSSR count). The van der Waals surface area contributed by atoms with Gasteiger partial charge in [-0.05, 0) is 38.3 Å². The van der Waals surface area contributed by atoms with Crippen molar-refractivity contribution in [2.24, 2.45) is 4.99 Å². The molecule has 122 valence electrons. The molecule has 0 saturated carbocycles. The molecule has 21 heavy (non-hydrogen) atoms. The molecule has 0 saturated heterocycles. The Morgan fingerprint density at radius 2 is 2.14 bits per heavy atom. The SMILES string of the molecule is CCNC(=NCCCCCOC)NCCc1ccco1.I. The molecule has 0 unspecified atom stereocenters. The molecule has 0 aliphatic rings. The van der Waals surface area contributed by atoms with E-state index in [1.165, 1.54) is 0 Å². The van der Waals surface area contributed by atoms with Gasteiger partial charge in [0.1, 0.15) is 5.76 Å². The van der Waals surface area contributed by atoms with Crippen molar-refractivity contribution in [2.75, 3.05) is 33.4 Å². The quantitative estimate of drug-likeness (QED) is 0.270. The molecule has 0 aliphatic heterocycles. The summed E-state index contributed by atoms with van der Waals surface area (Å²) in [6.07, 6.45) is 5.93. The van der Waals surface area contributed by atoms with Gasteiger partial charge in [-0.3, -0.25) is 4.99 Å². The van der Waals surface area contributed by atoms with Gasteiger partial charge < -0.3 is 19.8 Å². The van der Waals surface area contributed by atoms with Crippen molar-refractivity contribution in [1.29, 1.82) is 0 Å². The smallest absolute Gasteiger partial charge is 0.191 e. The highest BCUT2D eigenvalue weighted by Crippen LogP contribution is 1.99. The van der Waals surface area contributed by atoms with E-state index >= 15 is 0 Å². The summed E-state index contributed by atoms with van der Waals surface area (Å²) in [5, 5.41) is 6.56. The van der Waals surface area contributed by atoms with Crippen LogP contribution in [0.1, 0.15) is 31.9 Å². The average Bonchev–Trinajstić information content (AvgIpc) is 2.96. The third-order valence-corrected chi connectivity index (χ3v) is 2.86. The van der Waals surface area contributed by atoms with E-state index in [0.717, 1.165) is 63.6 Å². The monoisotopic (exact) mass is 409 g/mol. The molecule has 0 radical (unpaired) electrons. The largest absolute Gasteiger partial charge is 0.469 e. The maximum atomic E-state index is 5.30. The van der Waals surface area contributed by atoms with Gasteiger partial charge in [-0.15, -0.1) is 24.0 Å². The van der Waals surface area contributed by atoms with Crippen LogP contribution in [0.25, 0.3) is 0 Å². The molecule has 1 aromatic heterocycles. The number of hydrogen-bond donors (Lipinski definition) is 2. The van der Waals surface area contributed by atoms with Gasteiger partial charge in [-0.2, -0.15) is 0 Å². The number of hydrogen-bond acceptors (Lipinski definition) is 3. The van der Waals surface area contributed by atoms with Crippen molar-refractivity contribution < 1.29 is 9.15 Å². The van der Waals surface area contributed by atoms with Crippen LogP contribution in [0, 0.1) is 0 Å². The highest BCUT2D eigenvalue weighted by Gasteiger charge is 1.99. The Morgan fingerprint density at radius 3 is 2.81 bits per heavy atom. The predicted octanol–water partition coefficient (Wildman–Crippen LogP) is 2.81. The molecular formula is C15H28IN3O2. The fraction of sp³-hybridized carbons (Fsp3) is 0.667. The Hall–Kier alpha value is -0.760. The van der Waals surface area contributed by atoms with Crippen LogP contribution < -0.4 is 10.6 Å². The maximum absolute atomic E-state index is 5.30. The first-order valence-corrected chi connectivity index (χ1v) is 7.40. The molecule has 0 amide bonds. The number of nitrogens with zero attached hydrogens (tertiary/aromatic N) is 1. The average molecular weight is 409 g/mol. The molecule has 1 heterocycles. The number of methoxy groups -OCH3 is 1. The second-order valence-electron chi connectivity index (χ2n) is 4.57. The van der Waals surface area contributed by atoms with Crippen molar-refractivity contribution in [1.82, 2.24) is 10.6 Å². The van der Waals surface area contributed by atoms with Crippen LogP contribution in [-0.4, -0.2) is 39.3 Å². The number of aliphatic imine (C=N–C) groups is 1. The Labute approximate surface area is 144 Å². The van der Waals surface area contributed by atoms with E-state index in [-0.39, 0.29) is 24.0 Å². The zero-order valence-corrected chi connectivity index (χ0v) is 15.4. The first-order valence-electron chi connectivity index (χ1n) is 7.40. The summed E-state index contributed by atoms with van der Waals surface area (Å²) in [7, 11) is 1.74. The van der Waals surface area contributed by atoms with E-state index in [9.17, 15) is 0 Å². The van der Waals surface area contributed by atoms with Gasteiger partial charge in [-0.25, -0.2) is 0 Å². The van der Waals surface area contributed by atoms with Crippen LogP contribution in [-0.2, 0) is 11.2 Å². The molecular weight excluding hydrogens is 381 g/mol. The lowest BCUT2D eigenvalue weighted by Crippen LogP contribution is -2.38. The summed E-state index contributed by atoms with van der Waals surface area (Å²) < 4.78 is 10.3. The first kappa shape index (κ1) is 20.2. The highest BCUT2D eigenvalue weighted by atomic mass is 127. The zero-order valence-electron chi connectivity index (χ0n) is 13.1. The minimum atomic E-state index is 0. The second kappa shape index (κ2) is 14.2. The summed E-state index contributed by atoms with van der Waals surface area (Å²) in [5.74, 6) is 1.87. The van der Waals surface area contributed by atoms with E-state index in [2.05, 4.69) is 22.5 Å². The molecule has 0 fully saturated rings. The summed E-state index contributed by atoms with van der Waals surface area (Å²) in [6.45, 7) is 5.45. The van der Waals surface area contributed by atoms with Crippen molar-refractivity contribution in [3.05, 3.63) is 24.2 Å². The lowest BCUT2D eigenvalue weighted by atomic mass is 10.2. The Morgan fingerprint density at radius 1 is 1.29 bits per heavy atom. The molecule has 0 spiro atoms. The van der Waals surface area contributed by atoms with Gasteiger partial charge in [0.05, 0.1) is 6.26 Å². The van der Waals surface area contributed by atoms with Gasteiger partial charge in [-0.1, -0.05) is 0 Å². The third kappa shape index (κ3) is 10.6. The summed E-state index contributed by atoms with van der Waals surface area (Å²) in [5.41, 5.74) is 0. The first-order chi connectivity index (χ1) is 9.86. The van der Waals surface area contributed by atoms with Crippen LogP contribution in [0.4, 0.5) is 0 Å². The van der Waals surface area contributed by atoms with Crippen molar-refractivity contribution in [3.8, 4) is 0 Å². The molecule has 0 aromatic carbocycles. The maximum Gasteiger partial charge on any atom is 0.191 e. The van der Waals surface area contributed by atoms with Crippen LogP contribution >= 0.6 is 24.0 Å². The topological polar surface area (TPSA) is 58.8 Å². The number of furan rings is 1. The third-order valence-electron chi connectivity index (χ3n) is 2.86. The minimum absolute atomic E-state index is 0. The van der Waals surface area contributed by atoms with Gasteiger partial charge >= 0.3 is 0 Å². The van der Waals surface area contributed by atoms with Crippen LogP contribution in [0.15, 0.2) is 27.8 Å². The van der Waals surface area contributed by atoms with Crippen molar-refractivity contribution >= 4 is 29.9 Å². The standard InChI is InChI=1S/C15H27N3O2.HI/c1-3-16-15(17-10-5-4-6-12-19-2)18-11-9-14-8-7-13-20-14;/h7-8,13H,3-6,9-12H2,1-2H3,(H2,16,17,18);1H. The number of rotatable bonds is 10. The number of nitrogens with one attached hydrogen (secondary N) is 2. The number of guanidine groups is 1. The van der Waals surface area contributed by atoms with Crippen LogP contribution in [0.5, 0.6) is 0 Å². The highest BCUT2D eigenvalue weighted by molar-refractivity contribution is 14.0. The Bertz CT molecular complexity index is 356. The number of halogens is 1. The molecule has 0 atom stereocenters. The Balaban J connectivity index is 0.00000400. The minimum Gasteiger partial charge on any atom is -0.469 e. The van der Waals surface area contributed by atoms with E-state index in [0.29, 0.717) is 0 Å². The fourth-order valence-corrected chi connectivity index (χ4v) is 1.83. The molecule has 0 bridgehead atoms. The van der Waals surface area contributed by atoms with Crippen LogP contribution in [0.2, 0.25) is 0 Å².